The van der Waals surface area contributed by atoms with Gasteiger partial charge < -0.3 is 5.11 Å². The van der Waals surface area contributed by atoms with E-state index in [1.165, 1.54) is 0 Å². The molecule has 2 atom stereocenters. The molecule has 0 aromatic heterocycles. The zero-order valence-electron chi connectivity index (χ0n) is 9.23. The molecule has 0 aliphatic heterocycles. The maximum Gasteiger partial charge on any atom is 0.307 e. The molecule has 2 heteroatoms. The number of carbonyl (C=O) groups is 1. The van der Waals surface area contributed by atoms with Crippen molar-refractivity contribution in [2.24, 2.45) is 11.8 Å². The summed E-state index contributed by atoms with van der Waals surface area (Å²) in [5, 5.41) is 9.01. The first-order valence-electron chi connectivity index (χ1n) is 5.08. The molecule has 0 heterocycles. The van der Waals surface area contributed by atoms with Crippen LogP contribution in [0.2, 0.25) is 0 Å². The smallest absolute Gasteiger partial charge is 0.307 e. The summed E-state index contributed by atoms with van der Waals surface area (Å²) in [5.41, 5.74) is 0. The molecule has 0 saturated heterocycles. The van der Waals surface area contributed by atoms with E-state index in [4.69, 9.17) is 5.11 Å². The van der Waals surface area contributed by atoms with Gasteiger partial charge in [-0.3, -0.25) is 4.79 Å². The first-order valence-corrected chi connectivity index (χ1v) is 5.08. The number of carboxylic acids is 1. The third kappa shape index (κ3) is 4.85. The second-order valence-corrected chi connectivity index (χ2v) is 3.53. The van der Waals surface area contributed by atoms with Gasteiger partial charge in [-0.05, 0) is 32.6 Å². The van der Waals surface area contributed by atoms with Gasteiger partial charge in [0.05, 0.1) is 5.92 Å². The Morgan fingerprint density at radius 2 is 1.71 bits per heavy atom. The largest absolute Gasteiger partial charge is 0.481 e. The number of carboxylic acid groups (broad SMARTS) is 1. The minimum absolute atomic E-state index is 0.194. The van der Waals surface area contributed by atoms with E-state index in [1.54, 1.807) is 0 Å². The molecular formula is C12H20O2. The Morgan fingerprint density at radius 1 is 1.21 bits per heavy atom. The molecule has 14 heavy (non-hydrogen) atoms. The molecule has 0 rings (SSSR count). The summed E-state index contributed by atoms with van der Waals surface area (Å²) < 4.78 is 0. The third-order valence-electron chi connectivity index (χ3n) is 2.37. The minimum Gasteiger partial charge on any atom is -0.481 e. The lowest BCUT2D eigenvalue weighted by molar-refractivity contribution is -0.143. The van der Waals surface area contributed by atoms with Gasteiger partial charge >= 0.3 is 5.97 Å². The fraction of sp³-hybridized carbons (Fsp3) is 0.583. The van der Waals surface area contributed by atoms with Gasteiger partial charge in [0.15, 0.2) is 0 Å². The highest BCUT2D eigenvalue weighted by Crippen LogP contribution is 2.20. The molecule has 0 bridgehead atoms. The summed E-state index contributed by atoms with van der Waals surface area (Å²) in [6, 6.07) is 0. The molecule has 0 aromatic carbocycles. The average Bonchev–Trinajstić information content (AvgIpc) is 2.14. The van der Waals surface area contributed by atoms with Crippen molar-refractivity contribution in [1.29, 1.82) is 0 Å². The summed E-state index contributed by atoms with van der Waals surface area (Å²) in [5.74, 6) is -0.762. The first kappa shape index (κ1) is 12.9. The molecule has 1 N–H and O–H groups in total. The summed E-state index contributed by atoms with van der Waals surface area (Å²) in [6.07, 6.45) is 9.28. The van der Waals surface area contributed by atoms with Gasteiger partial charge in [-0.25, -0.2) is 0 Å². The predicted octanol–water partition coefficient (Wildman–Crippen LogP) is 3.26. The highest BCUT2D eigenvalue weighted by molar-refractivity contribution is 5.70. The van der Waals surface area contributed by atoms with Crippen LogP contribution in [-0.2, 0) is 4.79 Å². The zero-order chi connectivity index (χ0) is 11.0. The van der Waals surface area contributed by atoms with Crippen molar-refractivity contribution in [3.05, 3.63) is 24.3 Å². The molecule has 0 aromatic rings. The maximum atomic E-state index is 11.0. The van der Waals surface area contributed by atoms with E-state index < -0.39 is 5.97 Å². The van der Waals surface area contributed by atoms with Gasteiger partial charge in [0, 0.05) is 0 Å². The topological polar surface area (TPSA) is 37.3 Å². The van der Waals surface area contributed by atoms with Crippen molar-refractivity contribution in [2.75, 3.05) is 0 Å². The van der Waals surface area contributed by atoms with Crippen molar-refractivity contribution in [3.8, 4) is 0 Å². The van der Waals surface area contributed by atoms with Crippen LogP contribution in [0.1, 0.15) is 33.6 Å². The number of allylic oxidation sites excluding steroid dienone is 4. The van der Waals surface area contributed by atoms with Crippen LogP contribution in [0.25, 0.3) is 0 Å². The van der Waals surface area contributed by atoms with E-state index in [2.05, 4.69) is 0 Å². The molecule has 2 nitrogen and oxygen atoms in total. The zero-order valence-corrected chi connectivity index (χ0v) is 9.23. The Hall–Kier alpha value is -1.05. The van der Waals surface area contributed by atoms with E-state index in [0.29, 0.717) is 6.42 Å². The molecule has 2 unspecified atom stereocenters. The van der Waals surface area contributed by atoms with Crippen LogP contribution in [0.5, 0.6) is 0 Å². The standard InChI is InChI=1S/C12H20O2/c1-4-6-8-10(3)11(12(13)14)9-7-5-2/h4-7,10-11H,8-9H2,1-3H3,(H,13,14). The van der Waals surface area contributed by atoms with Crippen LogP contribution in [0, 0.1) is 11.8 Å². The van der Waals surface area contributed by atoms with Gasteiger partial charge in [-0.15, -0.1) is 0 Å². The van der Waals surface area contributed by atoms with E-state index in [9.17, 15) is 4.79 Å². The quantitative estimate of drug-likeness (QED) is 0.662. The highest BCUT2D eigenvalue weighted by Gasteiger charge is 2.21. The molecule has 0 aliphatic carbocycles. The van der Waals surface area contributed by atoms with E-state index in [1.807, 2.05) is 45.1 Å². The number of aliphatic carboxylic acids is 1. The van der Waals surface area contributed by atoms with Crippen molar-refractivity contribution in [1.82, 2.24) is 0 Å². The van der Waals surface area contributed by atoms with Crippen molar-refractivity contribution < 1.29 is 9.90 Å². The normalized spacial score (nSPS) is 16.2. The van der Waals surface area contributed by atoms with Crippen LogP contribution in [0.3, 0.4) is 0 Å². The fourth-order valence-corrected chi connectivity index (χ4v) is 1.37. The van der Waals surface area contributed by atoms with Crippen LogP contribution in [0.4, 0.5) is 0 Å². The maximum absolute atomic E-state index is 11.0. The fourth-order valence-electron chi connectivity index (χ4n) is 1.37. The lowest BCUT2D eigenvalue weighted by Gasteiger charge is -2.16. The van der Waals surface area contributed by atoms with Gasteiger partial charge in [-0.2, -0.15) is 0 Å². The Labute approximate surface area is 86.3 Å². The number of hydrogen-bond donors (Lipinski definition) is 1. The van der Waals surface area contributed by atoms with Crippen LogP contribution < -0.4 is 0 Å². The summed E-state index contributed by atoms with van der Waals surface area (Å²) >= 11 is 0. The molecule has 0 amide bonds. The van der Waals surface area contributed by atoms with Crippen LogP contribution >= 0.6 is 0 Å². The summed E-state index contributed by atoms with van der Waals surface area (Å²) in [4.78, 5) is 11.0. The van der Waals surface area contributed by atoms with Crippen LogP contribution in [0.15, 0.2) is 24.3 Å². The molecular weight excluding hydrogens is 176 g/mol. The van der Waals surface area contributed by atoms with Crippen molar-refractivity contribution in [2.45, 2.75) is 33.6 Å². The Morgan fingerprint density at radius 3 is 2.14 bits per heavy atom. The van der Waals surface area contributed by atoms with E-state index >= 15 is 0 Å². The average molecular weight is 196 g/mol. The monoisotopic (exact) mass is 196 g/mol. The first-order chi connectivity index (χ1) is 6.63. The minimum atomic E-state index is -0.694. The molecule has 0 saturated carbocycles. The second-order valence-electron chi connectivity index (χ2n) is 3.53. The van der Waals surface area contributed by atoms with E-state index in [0.717, 1.165) is 6.42 Å². The van der Waals surface area contributed by atoms with Crippen LogP contribution in [-0.4, -0.2) is 11.1 Å². The molecule has 0 fully saturated rings. The third-order valence-corrected chi connectivity index (χ3v) is 2.37. The van der Waals surface area contributed by atoms with Gasteiger partial charge in [0.1, 0.15) is 0 Å². The highest BCUT2D eigenvalue weighted by atomic mass is 16.4. The van der Waals surface area contributed by atoms with Crippen molar-refractivity contribution in [3.63, 3.8) is 0 Å². The Kier molecular flexibility index (Phi) is 6.81. The summed E-state index contributed by atoms with van der Waals surface area (Å²) in [7, 11) is 0. The Balaban J connectivity index is 4.24. The molecule has 0 aliphatic rings. The van der Waals surface area contributed by atoms with Gasteiger partial charge in [-0.1, -0.05) is 31.2 Å². The second kappa shape index (κ2) is 7.36. The van der Waals surface area contributed by atoms with Gasteiger partial charge in [0.25, 0.3) is 0 Å². The Bertz CT molecular complexity index is 216. The van der Waals surface area contributed by atoms with Crippen molar-refractivity contribution >= 4 is 5.97 Å². The number of rotatable bonds is 6. The molecule has 80 valence electrons. The lowest BCUT2D eigenvalue weighted by Crippen LogP contribution is -2.20. The molecule has 0 spiro atoms. The summed E-state index contributed by atoms with van der Waals surface area (Å²) in [6.45, 7) is 5.85. The predicted molar refractivity (Wildman–Crippen MR) is 59.2 cm³/mol. The molecule has 0 radical (unpaired) electrons. The van der Waals surface area contributed by atoms with E-state index in [-0.39, 0.29) is 11.8 Å². The lowest BCUT2D eigenvalue weighted by atomic mass is 9.88. The number of hydrogen-bond acceptors (Lipinski definition) is 1. The van der Waals surface area contributed by atoms with Gasteiger partial charge in [0.2, 0.25) is 0 Å². The SMILES string of the molecule is CC=CCC(C)C(CC=CC)C(=O)O.